The molecule has 1 N–H and O–H groups in total. The first-order valence-electron chi connectivity index (χ1n) is 9.40. The van der Waals surface area contributed by atoms with E-state index in [4.69, 9.17) is 4.74 Å². The first kappa shape index (κ1) is 17.9. The van der Waals surface area contributed by atoms with Gasteiger partial charge in [-0.1, -0.05) is 0 Å². The lowest BCUT2D eigenvalue weighted by atomic mass is 9.99. The normalized spacial score (nSPS) is 23.1. The maximum atomic E-state index is 13.5. The van der Waals surface area contributed by atoms with E-state index in [1.54, 1.807) is 6.20 Å². The molecule has 4 rings (SSSR count). The molecule has 0 unspecified atom stereocenters. The molecule has 0 aliphatic carbocycles. The molecule has 1 amide bonds. The van der Waals surface area contributed by atoms with Gasteiger partial charge in [0.15, 0.2) is 5.69 Å². The largest absolute Gasteiger partial charge is 0.369 e. The van der Waals surface area contributed by atoms with Gasteiger partial charge in [0.2, 0.25) is 0 Å². The predicted octanol–water partition coefficient (Wildman–Crippen LogP) is 2.32. The van der Waals surface area contributed by atoms with Crippen molar-refractivity contribution in [1.29, 1.82) is 0 Å². The third-order valence-corrected chi connectivity index (χ3v) is 5.27. The second-order valence-corrected chi connectivity index (χ2v) is 7.25. The van der Waals surface area contributed by atoms with Gasteiger partial charge < -0.3 is 14.5 Å². The summed E-state index contributed by atoms with van der Waals surface area (Å²) in [6, 6.07) is 1.48. The summed E-state index contributed by atoms with van der Waals surface area (Å²) in [6.45, 7) is 6.60. The van der Waals surface area contributed by atoms with E-state index >= 15 is 0 Å². The van der Waals surface area contributed by atoms with E-state index < -0.39 is 0 Å². The molecule has 0 saturated carbocycles. The molecule has 144 valence electrons. The highest BCUT2D eigenvalue weighted by Crippen LogP contribution is 2.30. The summed E-state index contributed by atoms with van der Waals surface area (Å²) in [7, 11) is 0. The first-order valence-corrected chi connectivity index (χ1v) is 9.40. The van der Waals surface area contributed by atoms with Crippen LogP contribution in [0.5, 0.6) is 0 Å². The van der Waals surface area contributed by atoms with Crippen molar-refractivity contribution in [3.63, 3.8) is 0 Å². The lowest BCUT2D eigenvalue weighted by molar-refractivity contribution is -0.00701. The molecule has 7 nitrogen and oxygen atoms in total. The zero-order valence-electron chi connectivity index (χ0n) is 15.6. The number of halogens is 1. The van der Waals surface area contributed by atoms with Crippen LogP contribution < -0.4 is 4.90 Å². The lowest BCUT2D eigenvalue weighted by Crippen LogP contribution is -2.36. The van der Waals surface area contributed by atoms with Crippen molar-refractivity contribution >= 4 is 11.6 Å². The van der Waals surface area contributed by atoms with Crippen molar-refractivity contribution in [3.8, 4) is 0 Å². The van der Waals surface area contributed by atoms with Gasteiger partial charge in [-0.05, 0) is 20.3 Å². The highest BCUT2D eigenvalue weighted by atomic mass is 19.1. The fraction of sp³-hybridized carbons (Fsp3) is 0.526. The molecule has 8 heteroatoms. The molecule has 4 heterocycles. The maximum absolute atomic E-state index is 13.5. The first-order chi connectivity index (χ1) is 13.0. The van der Waals surface area contributed by atoms with E-state index in [9.17, 15) is 9.18 Å². The van der Waals surface area contributed by atoms with Gasteiger partial charge in [-0.2, -0.15) is 5.10 Å². The van der Waals surface area contributed by atoms with Gasteiger partial charge in [0.05, 0.1) is 36.0 Å². The van der Waals surface area contributed by atoms with E-state index in [-0.39, 0.29) is 23.9 Å². The van der Waals surface area contributed by atoms with Crippen LogP contribution in [0, 0.1) is 5.82 Å². The second-order valence-electron chi connectivity index (χ2n) is 7.25. The van der Waals surface area contributed by atoms with E-state index in [0.717, 1.165) is 29.9 Å². The van der Waals surface area contributed by atoms with Crippen molar-refractivity contribution in [2.24, 2.45) is 0 Å². The molecule has 2 aliphatic rings. The number of hydrogen-bond acceptors (Lipinski definition) is 5. The molecule has 2 atom stereocenters. The predicted molar refractivity (Wildman–Crippen MR) is 98.2 cm³/mol. The molecule has 0 spiro atoms. The van der Waals surface area contributed by atoms with Gasteiger partial charge in [-0.3, -0.25) is 14.9 Å². The summed E-state index contributed by atoms with van der Waals surface area (Å²) in [6.07, 6.45) is 4.34. The summed E-state index contributed by atoms with van der Waals surface area (Å²) in [5.74, 6) is -0.397. The Balaban J connectivity index is 1.49. The second kappa shape index (κ2) is 7.26. The Morgan fingerprint density at radius 2 is 2.11 bits per heavy atom. The average Bonchev–Trinajstić information content (AvgIpc) is 2.90. The van der Waals surface area contributed by atoms with Crippen LogP contribution in [0.4, 0.5) is 10.1 Å². The Bertz CT molecular complexity index is 839. The number of rotatable bonds is 2. The summed E-state index contributed by atoms with van der Waals surface area (Å²) in [5, 5.41) is 7.30. The molecule has 0 radical (unpaired) electrons. The Morgan fingerprint density at radius 1 is 1.26 bits per heavy atom. The molecule has 2 aromatic rings. The SMILES string of the molecule is C[C@@H]1Cc2c(C(=O)N3CCCN(c4cncc(F)c4)CC3)n[nH]c2[C@H](C)O1. The molecule has 0 bridgehead atoms. The summed E-state index contributed by atoms with van der Waals surface area (Å²) >= 11 is 0. The van der Waals surface area contributed by atoms with Crippen molar-refractivity contribution in [2.75, 3.05) is 31.1 Å². The van der Waals surface area contributed by atoms with E-state index in [1.165, 1.54) is 12.3 Å². The number of ether oxygens (including phenoxy) is 1. The number of anilines is 1. The van der Waals surface area contributed by atoms with Gasteiger partial charge in [0.25, 0.3) is 5.91 Å². The van der Waals surface area contributed by atoms with Crippen LogP contribution in [0.2, 0.25) is 0 Å². The monoisotopic (exact) mass is 373 g/mol. The average molecular weight is 373 g/mol. The van der Waals surface area contributed by atoms with Crippen LogP contribution >= 0.6 is 0 Å². The fourth-order valence-corrected chi connectivity index (χ4v) is 3.95. The van der Waals surface area contributed by atoms with Gasteiger partial charge in [-0.25, -0.2) is 4.39 Å². The number of amides is 1. The molecule has 1 fully saturated rings. The van der Waals surface area contributed by atoms with Crippen LogP contribution in [0.3, 0.4) is 0 Å². The Labute approximate surface area is 157 Å². The Kier molecular flexibility index (Phi) is 4.82. The topological polar surface area (TPSA) is 74.4 Å². The van der Waals surface area contributed by atoms with Gasteiger partial charge in [0, 0.05) is 44.2 Å². The van der Waals surface area contributed by atoms with Crippen LogP contribution in [0.25, 0.3) is 0 Å². The van der Waals surface area contributed by atoms with Crippen molar-refractivity contribution in [3.05, 3.63) is 41.2 Å². The lowest BCUT2D eigenvalue weighted by Gasteiger charge is -2.26. The van der Waals surface area contributed by atoms with Crippen LogP contribution in [-0.4, -0.2) is 58.3 Å². The number of nitrogens with one attached hydrogen (secondary N) is 1. The van der Waals surface area contributed by atoms with Crippen molar-refractivity contribution in [1.82, 2.24) is 20.1 Å². The standard InChI is InChI=1S/C19H24FN5O2/c1-12-8-16-17(13(2)27-12)22-23-18(16)19(26)25-5-3-4-24(6-7-25)15-9-14(20)10-21-11-15/h9-13H,3-8H2,1-2H3,(H,22,23)/t12-,13+/m1/s1. The van der Waals surface area contributed by atoms with Crippen LogP contribution in [0.1, 0.15) is 48.1 Å². The summed E-state index contributed by atoms with van der Waals surface area (Å²) in [4.78, 5) is 20.9. The summed E-state index contributed by atoms with van der Waals surface area (Å²) < 4.78 is 19.3. The number of nitrogens with zero attached hydrogens (tertiary/aromatic N) is 4. The number of aromatic amines is 1. The minimum absolute atomic E-state index is 0.0481. The van der Waals surface area contributed by atoms with Gasteiger partial charge >= 0.3 is 0 Å². The molecule has 0 aromatic carbocycles. The number of H-pyrrole nitrogens is 1. The fourth-order valence-electron chi connectivity index (χ4n) is 3.95. The quantitative estimate of drug-likeness (QED) is 0.875. The number of hydrogen-bond donors (Lipinski definition) is 1. The van der Waals surface area contributed by atoms with Gasteiger partial charge in [-0.15, -0.1) is 0 Å². The highest BCUT2D eigenvalue weighted by Gasteiger charge is 2.32. The Hall–Kier alpha value is -2.48. The van der Waals surface area contributed by atoms with Crippen LogP contribution in [0.15, 0.2) is 18.5 Å². The highest BCUT2D eigenvalue weighted by molar-refractivity contribution is 5.94. The molecular formula is C19H24FN5O2. The number of fused-ring (bicyclic) bond motifs is 1. The molecule has 2 aliphatic heterocycles. The van der Waals surface area contributed by atoms with Crippen molar-refractivity contribution < 1.29 is 13.9 Å². The van der Waals surface area contributed by atoms with Crippen LogP contribution in [-0.2, 0) is 11.2 Å². The molecular weight excluding hydrogens is 349 g/mol. The maximum Gasteiger partial charge on any atom is 0.274 e. The molecule has 27 heavy (non-hydrogen) atoms. The smallest absolute Gasteiger partial charge is 0.274 e. The van der Waals surface area contributed by atoms with E-state index in [2.05, 4.69) is 20.1 Å². The van der Waals surface area contributed by atoms with Crippen molar-refractivity contribution in [2.45, 2.75) is 38.9 Å². The number of aromatic nitrogens is 3. The van der Waals surface area contributed by atoms with Gasteiger partial charge in [0.1, 0.15) is 5.82 Å². The molecule has 2 aromatic heterocycles. The third-order valence-electron chi connectivity index (χ3n) is 5.27. The third kappa shape index (κ3) is 3.53. The van der Waals surface area contributed by atoms with E-state index in [0.29, 0.717) is 31.7 Å². The van der Waals surface area contributed by atoms with E-state index in [1.807, 2.05) is 18.7 Å². The zero-order chi connectivity index (χ0) is 19.0. The minimum Gasteiger partial charge on any atom is -0.369 e. The minimum atomic E-state index is -0.349. The Morgan fingerprint density at radius 3 is 2.93 bits per heavy atom. The number of carbonyl (C=O) groups is 1. The summed E-state index contributed by atoms with van der Waals surface area (Å²) in [5.41, 5.74) is 3.13. The number of carbonyl (C=O) groups excluding carboxylic acids is 1. The number of pyridine rings is 1. The zero-order valence-corrected chi connectivity index (χ0v) is 15.6. The molecule has 1 saturated heterocycles.